The highest BCUT2D eigenvalue weighted by molar-refractivity contribution is 7.87. The van der Waals surface area contributed by atoms with Gasteiger partial charge in [-0.2, -0.15) is 8.42 Å². The number of para-hydroxylation sites is 1. The molecule has 0 fully saturated rings. The summed E-state index contributed by atoms with van der Waals surface area (Å²) in [7, 11) is -2.60. The van der Waals surface area contributed by atoms with Crippen molar-refractivity contribution in [3.05, 3.63) is 89.0 Å². The van der Waals surface area contributed by atoms with Gasteiger partial charge < -0.3 is 19.0 Å². The Kier molecular flexibility index (Phi) is 8.48. The molecule has 0 spiro atoms. The molecule has 0 radical (unpaired) electrons. The van der Waals surface area contributed by atoms with Crippen LogP contribution in [0.1, 0.15) is 27.0 Å². The van der Waals surface area contributed by atoms with E-state index in [1.807, 2.05) is 24.3 Å². The van der Waals surface area contributed by atoms with Gasteiger partial charge >= 0.3 is 16.1 Å². The lowest BCUT2D eigenvalue weighted by molar-refractivity contribution is -0.124. The fourth-order valence-corrected chi connectivity index (χ4v) is 4.51. The number of methoxy groups -OCH3 is 1. The summed E-state index contributed by atoms with van der Waals surface area (Å²) >= 11 is 0. The molecule has 3 rings (SSSR count). The Bertz CT molecular complexity index is 1300. The summed E-state index contributed by atoms with van der Waals surface area (Å²) in [6.45, 7) is 3.27. The van der Waals surface area contributed by atoms with Gasteiger partial charge in [0.2, 0.25) is 0 Å². The molecule has 0 aliphatic heterocycles. The second-order valence-corrected chi connectivity index (χ2v) is 9.34. The molecule has 9 heteroatoms. The first-order chi connectivity index (χ1) is 16.7. The average molecular weight is 498 g/mol. The molecule has 0 saturated carbocycles. The zero-order chi connectivity index (χ0) is 25.4. The van der Waals surface area contributed by atoms with E-state index in [1.165, 1.54) is 24.3 Å². The molecule has 35 heavy (non-hydrogen) atoms. The summed E-state index contributed by atoms with van der Waals surface area (Å²) in [6, 6.07) is 18.2. The summed E-state index contributed by atoms with van der Waals surface area (Å²) in [5, 5.41) is 2.68. The summed E-state index contributed by atoms with van der Waals surface area (Å²) in [4.78, 5) is 24.7. The van der Waals surface area contributed by atoms with Crippen molar-refractivity contribution >= 4 is 22.0 Å². The number of rotatable bonds is 10. The molecule has 0 heterocycles. The molecule has 3 aromatic rings. The van der Waals surface area contributed by atoms with E-state index < -0.39 is 28.6 Å². The molecule has 1 N–H and O–H groups in total. The molecule has 184 valence electrons. The van der Waals surface area contributed by atoms with Crippen LogP contribution in [0.2, 0.25) is 0 Å². The monoisotopic (exact) mass is 497 g/mol. The van der Waals surface area contributed by atoms with Crippen LogP contribution in [0.4, 0.5) is 0 Å². The average Bonchev–Trinajstić information content (AvgIpc) is 2.84. The minimum Gasteiger partial charge on any atom is -0.497 e. The molecule has 0 atom stereocenters. The number of esters is 1. The first-order valence-corrected chi connectivity index (χ1v) is 12.3. The topological polar surface area (TPSA) is 108 Å². The number of carbonyl (C=O) groups is 2. The predicted octanol–water partition coefficient (Wildman–Crippen LogP) is 3.60. The van der Waals surface area contributed by atoms with E-state index in [0.717, 1.165) is 16.9 Å². The number of hydrogen-bond donors (Lipinski definition) is 1. The molecule has 0 aliphatic carbocycles. The third kappa shape index (κ3) is 7.07. The number of aryl methyl sites for hydroxylation is 2. The minimum atomic E-state index is -4.19. The van der Waals surface area contributed by atoms with Crippen LogP contribution in [0.25, 0.3) is 0 Å². The molecule has 0 unspecified atom stereocenters. The predicted molar refractivity (Wildman–Crippen MR) is 130 cm³/mol. The summed E-state index contributed by atoms with van der Waals surface area (Å²) < 4.78 is 41.2. The van der Waals surface area contributed by atoms with Crippen LogP contribution in [0.15, 0.2) is 71.6 Å². The van der Waals surface area contributed by atoms with E-state index in [9.17, 15) is 18.0 Å². The van der Waals surface area contributed by atoms with E-state index in [-0.39, 0.29) is 16.2 Å². The third-order valence-corrected chi connectivity index (χ3v) is 6.53. The second kappa shape index (κ2) is 11.5. The Morgan fingerprint density at radius 1 is 0.943 bits per heavy atom. The maximum atomic E-state index is 12.8. The van der Waals surface area contributed by atoms with Crippen LogP contribution in [-0.4, -0.2) is 40.6 Å². The maximum Gasteiger partial charge on any atom is 0.342 e. The van der Waals surface area contributed by atoms with Crippen molar-refractivity contribution in [1.29, 1.82) is 0 Å². The Labute approximate surface area is 205 Å². The van der Waals surface area contributed by atoms with Crippen LogP contribution < -0.4 is 14.2 Å². The molecular formula is C26H27NO7S. The van der Waals surface area contributed by atoms with E-state index in [4.69, 9.17) is 13.7 Å². The van der Waals surface area contributed by atoms with E-state index >= 15 is 0 Å². The van der Waals surface area contributed by atoms with Crippen molar-refractivity contribution < 1.29 is 31.7 Å². The van der Waals surface area contributed by atoms with Crippen LogP contribution in [-0.2, 0) is 26.1 Å². The van der Waals surface area contributed by atoms with E-state index in [1.54, 1.807) is 39.2 Å². The molecule has 0 saturated heterocycles. The summed E-state index contributed by atoms with van der Waals surface area (Å²) in [6.07, 6.45) is 0.594. The zero-order valence-corrected chi connectivity index (χ0v) is 20.6. The molecule has 0 bridgehead atoms. The summed E-state index contributed by atoms with van der Waals surface area (Å²) in [5.41, 5.74) is 2.18. The van der Waals surface area contributed by atoms with Gasteiger partial charge in [-0.3, -0.25) is 4.79 Å². The van der Waals surface area contributed by atoms with Gasteiger partial charge in [-0.05, 0) is 67.3 Å². The fourth-order valence-electron chi connectivity index (χ4n) is 3.25. The Balaban J connectivity index is 1.58. The van der Waals surface area contributed by atoms with Crippen LogP contribution >= 0.6 is 0 Å². The van der Waals surface area contributed by atoms with Crippen molar-refractivity contribution in [2.45, 2.75) is 25.2 Å². The first-order valence-electron chi connectivity index (χ1n) is 10.9. The number of nitrogens with one attached hydrogen (secondary N) is 1. The smallest absolute Gasteiger partial charge is 0.342 e. The number of carbonyl (C=O) groups excluding carboxylic acids is 2. The quantitative estimate of drug-likeness (QED) is 0.337. The van der Waals surface area contributed by atoms with Crippen molar-refractivity contribution in [3.63, 3.8) is 0 Å². The number of amides is 1. The number of hydrogen-bond acceptors (Lipinski definition) is 7. The van der Waals surface area contributed by atoms with Gasteiger partial charge in [-0.25, -0.2) is 4.79 Å². The Morgan fingerprint density at radius 2 is 1.66 bits per heavy atom. The van der Waals surface area contributed by atoms with E-state index in [0.29, 0.717) is 18.5 Å². The molecule has 1 amide bonds. The zero-order valence-electron chi connectivity index (χ0n) is 19.7. The first kappa shape index (κ1) is 25.8. The summed E-state index contributed by atoms with van der Waals surface area (Å²) in [5.74, 6) is -0.788. The Hall–Kier alpha value is -3.85. The van der Waals surface area contributed by atoms with Crippen LogP contribution in [0, 0.1) is 13.8 Å². The molecule has 8 nitrogen and oxygen atoms in total. The van der Waals surface area contributed by atoms with Crippen molar-refractivity contribution in [2.24, 2.45) is 0 Å². The van der Waals surface area contributed by atoms with Crippen molar-refractivity contribution in [3.8, 4) is 11.5 Å². The highest BCUT2D eigenvalue weighted by atomic mass is 32.2. The van der Waals surface area contributed by atoms with Gasteiger partial charge in [-0.1, -0.05) is 36.4 Å². The van der Waals surface area contributed by atoms with Gasteiger partial charge in [0.1, 0.15) is 16.2 Å². The Morgan fingerprint density at radius 3 is 2.37 bits per heavy atom. The van der Waals surface area contributed by atoms with E-state index in [2.05, 4.69) is 5.32 Å². The van der Waals surface area contributed by atoms with Crippen molar-refractivity contribution in [1.82, 2.24) is 5.32 Å². The lowest BCUT2D eigenvalue weighted by atomic mass is 10.1. The van der Waals surface area contributed by atoms with Gasteiger partial charge in [0, 0.05) is 6.54 Å². The van der Waals surface area contributed by atoms with Gasteiger partial charge in [-0.15, -0.1) is 0 Å². The molecule has 0 aliphatic rings. The van der Waals surface area contributed by atoms with Crippen LogP contribution in [0.3, 0.4) is 0 Å². The third-order valence-electron chi connectivity index (χ3n) is 5.15. The SMILES string of the molecule is COc1ccc(CCNC(=O)COC(=O)c2ccccc2OS(=O)(=O)c2cc(C)ccc2C)cc1. The van der Waals surface area contributed by atoms with Gasteiger partial charge in [0.05, 0.1) is 7.11 Å². The number of benzene rings is 3. The lowest BCUT2D eigenvalue weighted by Crippen LogP contribution is -2.30. The maximum absolute atomic E-state index is 12.8. The second-order valence-electron chi connectivity index (χ2n) is 7.83. The molecule has 3 aromatic carbocycles. The standard InChI is InChI=1S/C26H27NO7S/c1-18-8-9-19(2)24(16-18)35(30,31)34-23-7-5-4-6-22(23)26(29)33-17-25(28)27-15-14-20-10-12-21(32-3)13-11-20/h4-13,16H,14-15,17H2,1-3H3,(H,27,28). The lowest BCUT2D eigenvalue weighted by Gasteiger charge is -2.13. The molecule has 0 aromatic heterocycles. The van der Waals surface area contributed by atoms with Gasteiger partial charge in [0.25, 0.3) is 5.91 Å². The largest absolute Gasteiger partial charge is 0.497 e. The van der Waals surface area contributed by atoms with Crippen LogP contribution in [0.5, 0.6) is 11.5 Å². The van der Waals surface area contributed by atoms with Crippen molar-refractivity contribution in [2.75, 3.05) is 20.3 Å². The number of ether oxygens (including phenoxy) is 2. The normalized spacial score (nSPS) is 10.9. The minimum absolute atomic E-state index is 0.0110. The fraction of sp³-hybridized carbons (Fsp3) is 0.231. The van der Waals surface area contributed by atoms with Gasteiger partial charge in [0.15, 0.2) is 12.4 Å². The highest BCUT2D eigenvalue weighted by Gasteiger charge is 2.23. The molecular weight excluding hydrogens is 470 g/mol. The highest BCUT2D eigenvalue weighted by Crippen LogP contribution is 2.26.